The number of nitrogens with one attached hydrogen (secondary N) is 1. The van der Waals surface area contributed by atoms with Crippen molar-refractivity contribution < 1.29 is 4.79 Å². The molecule has 2 heterocycles. The second-order valence-electron chi connectivity index (χ2n) is 6.18. The summed E-state index contributed by atoms with van der Waals surface area (Å²) >= 11 is 0. The summed E-state index contributed by atoms with van der Waals surface area (Å²) < 4.78 is 0. The standard InChI is InChI=1S/C19H20N4O.2ClH/c1-14-7-9-15(10-8-14)21-18(24)13-23-17-6-3-2-5-16(17)22-12-4-11-20-19(22)23;;/h2-3,5-10H,4,11-13H2,1H3,(H,21,24);2*1H. The molecule has 0 aromatic heterocycles. The van der Waals surface area contributed by atoms with E-state index in [4.69, 9.17) is 0 Å². The summed E-state index contributed by atoms with van der Waals surface area (Å²) in [4.78, 5) is 21.4. The molecule has 5 nitrogen and oxygen atoms in total. The third-order valence-electron chi connectivity index (χ3n) is 4.38. The van der Waals surface area contributed by atoms with Crippen molar-refractivity contribution in [2.45, 2.75) is 13.3 Å². The SMILES string of the molecule is Cc1ccc(NC(=O)CN2C3=NCCCN3c3ccccc32)cc1.Cl.Cl. The molecule has 0 bridgehead atoms. The normalized spacial score (nSPS) is 14.4. The molecule has 0 spiro atoms. The lowest BCUT2D eigenvalue weighted by Gasteiger charge is -2.26. The summed E-state index contributed by atoms with van der Waals surface area (Å²) in [5.41, 5.74) is 4.19. The van der Waals surface area contributed by atoms with Crippen LogP contribution in [0.15, 0.2) is 53.5 Å². The van der Waals surface area contributed by atoms with E-state index < -0.39 is 0 Å². The van der Waals surface area contributed by atoms with Gasteiger partial charge in [0.25, 0.3) is 0 Å². The van der Waals surface area contributed by atoms with Crippen molar-refractivity contribution in [1.29, 1.82) is 0 Å². The fraction of sp³-hybridized carbons (Fsp3) is 0.263. The minimum atomic E-state index is -0.0382. The summed E-state index contributed by atoms with van der Waals surface area (Å²) in [6.45, 7) is 4.06. The number of hydrogen-bond donors (Lipinski definition) is 1. The van der Waals surface area contributed by atoms with Crippen molar-refractivity contribution in [2.75, 3.05) is 34.8 Å². The number of benzene rings is 2. The van der Waals surface area contributed by atoms with Crippen molar-refractivity contribution in [3.05, 3.63) is 54.1 Å². The Hall–Kier alpha value is -2.24. The molecule has 2 aromatic carbocycles. The zero-order valence-electron chi connectivity index (χ0n) is 14.5. The molecule has 0 radical (unpaired) electrons. The number of aryl methyl sites for hydroxylation is 1. The number of nitrogens with zero attached hydrogens (tertiary/aromatic N) is 3. The van der Waals surface area contributed by atoms with Gasteiger partial charge in [-0.3, -0.25) is 9.79 Å². The number of guanidine groups is 1. The van der Waals surface area contributed by atoms with Gasteiger partial charge in [0.05, 0.1) is 11.4 Å². The molecule has 0 unspecified atom stereocenters. The molecule has 26 heavy (non-hydrogen) atoms. The average molecular weight is 393 g/mol. The fourth-order valence-electron chi connectivity index (χ4n) is 3.22. The van der Waals surface area contributed by atoms with Crippen molar-refractivity contribution in [2.24, 2.45) is 4.99 Å². The predicted octanol–water partition coefficient (Wildman–Crippen LogP) is 3.86. The van der Waals surface area contributed by atoms with Crippen molar-refractivity contribution in [3.63, 3.8) is 0 Å². The maximum Gasteiger partial charge on any atom is 0.244 e. The van der Waals surface area contributed by atoms with Gasteiger partial charge in [-0.15, -0.1) is 24.8 Å². The van der Waals surface area contributed by atoms with E-state index in [9.17, 15) is 4.79 Å². The lowest BCUT2D eigenvalue weighted by atomic mass is 10.2. The smallest absolute Gasteiger partial charge is 0.244 e. The molecular formula is C19H22Cl2N4O. The van der Waals surface area contributed by atoms with Gasteiger partial charge in [-0.25, -0.2) is 0 Å². The first-order valence-corrected chi connectivity index (χ1v) is 8.27. The lowest BCUT2D eigenvalue weighted by molar-refractivity contribution is -0.114. The van der Waals surface area contributed by atoms with Crippen LogP contribution in [-0.4, -0.2) is 31.5 Å². The van der Waals surface area contributed by atoms with E-state index in [2.05, 4.69) is 27.3 Å². The van der Waals surface area contributed by atoms with Gasteiger partial charge in [0.15, 0.2) is 0 Å². The van der Waals surface area contributed by atoms with Gasteiger partial charge in [0, 0.05) is 18.8 Å². The van der Waals surface area contributed by atoms with E-state index in [1.54, 1.807) is 0 Å². The van der Waals surface area contributed by atoms with Gasteiger partial charge < -0.3 is 15.1 Å². The molecule has 2 aliphatic heterocycles. The molecule has 0 fully saturated rings. The van der Waals surface area contributed by atoms with Gasteiger partial charge >= 0.3 is 0 Å². The number of fused-ring (bicyclic) bond motifs is 3. The first kappa shape index (κ1) is 20.1. The number of carbonyl (C=O) groups is 1. The number of para-hydroxylation sites is 2. The van der Waals surface area contributed by atoms with E-state index in [0.29, 0.717) is 0 Å². The van der Waals surface area contributed by atoms with Crippen molar-refractivity contribution in [3.8, 4) is 0 Å². The summed E-state index contributed by atoms with van der Waals surface area (Å²) in [5.74, 6) is 0.852. The van der Waals surface area contributed by atoms with Gasteiger partial charge in [-0.2, -0.15) is 0 Å². The molecule has 1 amide bonds. The van der Waals surface area contributed by atoms with Crippen LogP contribution in [-0.2, 0) is 4.79 Å². The Bertz CT molecular complexity index is 807. The summed E-state index contributed by atoms with van der Waals surface area (Å²) in [6, 6.07) is 16.0. The van der Waals surface area contributed by atoms with E-state index in [1.807, 2.05) is 48.2 Å². The fourth-order valence-corrected chi connectivity index (χ4v) is 3.22. The van der Waals surface area contributed by atoms with Gasteiger partial charge in [-0.05, 0) is 37.6 Å². The zero-order chi connectivity index (χ0) is 16.5. The molecule has 0 saturated carbocycles. The molecule has 1 N–H and O–H groups in total. The molecule has 2 aromatic rings. The molecule has 138 valence electrons. The Morgan fingerprint density at radius 1 is 1.08 bits per heavy atom. The first-order valence-electron chi connectivity index (χ1n) is 8.27. The maximum absolute atomic E-state index is 12.5. The summed E-state index contributed by atoms with van der Waals surface area (Å²) in [7, 11) is 0. The highest BCUT2D eigenvalue weighted by molar-refractivity contribution is 6.18. The minimum absolute atomic E-state index is 0. The molecule has 2 aliphatic rings. The second-order valence-corrected chi connectivity index (χ2v) is 6.18. The summed E-state index contributed by atoms with van der Waals surface area (Å²) in [5, 5.41) is 2.97. The van der Waals surface area contributed by atoms with Crippen LogP contribution in [0.5, 0.6) is 0 Å². The van der Waals surface area contributed by atoms with Crippen LogP contribution in [0.4, 0.5) is 17.1 Å². The maximum atomic E-state index is 12.5. The van der Waals surface area contributed by atoms with Crippen LogP contribution >= 0.6 is 24.8 Å². The van der Waals surface area contributed by atoms with Crippen LogP contribution in [0, 0.1) is 6.92 Å². The highest BCUT2D eigenvalue weighted by Crippen LogP contribution is 2.37. The Morgan fingerprint density at radius 2 is 1.77 bits per heavy atom. The Kier molecular flexibility index (Phi) is 6.51. The zero-order valence-corrected chi connectivity index (χ0v) is 16.1. The number of carbonyl (C=O) groups excluding carboxylic acids is 1. The van der Waals surface area contributed by atoms with E-state index in [-0.39, 0.29) is 37.3 Å². The van der Waals surface area contributed by atoms with Gasteiger partial charge in [0.2, 0.25) is 11.9 Å². The lowest BCUT2D eigenvalue weighted by Crippen LogP contribution is -2.44. The van der Waals surface area contributed by atoms with Crippen molar-refractivity contribution in [1.82, 2.24) is 0 Å². The molecular weight excluding hydrogens is 371 g/mol. The van der Waals surface area contributed by atoms with Crippen molar-refractivity contribution >= 4 is 53.7 Å². The first-order chi connectivity index (χ1) is 11.7. The van der Waals surface area contributed by atoms with E-state index in [0.717, 1.165) is 42.5 Å². The Morgan fingerprint density at radius 3 is 2.50 bits per heavy atom. The quantitative estimate of drug-likeness (QED) is 0.862. The number of amides is 1. The third-order valence-corrected chi connectivity index (χ3v) is 4.38. The Balaban J connectivity index is 0.00000121. The van der Waals surface area contributed by atoms with Crippen LogP contribution in [0.2, 0.25) is 0 Å². The summed E-state index contributed by atoms with van der Waals surface area (Å²) in [6.07, 6.45) is 1.04. The predicted molar refractivity (Wildman–Crippen MR) is 112 cm³/mol. The number of aliphatic imine (C=N–C) groups is 1. The average Bonchev–Trinajstić information content (AvgIpc) is 2.92. The number of anilines is 3. The number of hydrogen-bond acceptors (Lipinski definition) is 4. The van der Waals surface area contributed by atoms with E-state index >= 15 is 0 Å². The van der Waals surface area contributed by atoms with Crippen LogP contribution in [0.3, 0.4) is 0 Å². The largest absolute Gasteiger partial charge is 0.325 e. The molecule has 0 saturated heterocycles. The topological polar surface area (TPSA) is 47.9 Å². The van der Waals surface area contributed by atoms with Gasteiger partial charge in [-0.1, -0.05) is 29.8 Å². The highest BCUT2D eigenvalue weighted by atomic mass is 35.5. The monoisotopic (exact) mass is 392 g/mol. The highest BCUT2D eigenvalue weighted by Gasteiger charge is 2.34. The van der Waals surface area contributed by atoms with Crippen LogP contribution in [0.1, 0.15) is 12.0 Å². The third kappa shape index (κ3) is 3.79. The molecule has 0 aliphatic carbocycles. The van der Waals surface area contributed by atoms with Crippen LogP contribution < -0.4 is 15.1 Å². The minimum Gasteiger partial charge on any atom is -0.325 e. The van der Waals surface area contributed by atoms with Gasteiger partial charge in [0.1, 0.15) is 6.54 Å². The number of halogens is 2. The van der Waals surface area contributed by atoms with Crippen LogP contribution in [0.25, 0.3) is 0 Å². The number of rotatable bonds is 3. The molecule has 4 rings (SSSR count). The molecule has 0 atom stereocenters. The Labute approximate surface area is 165 Å². The second kappa shape index (κ2) is 8.43. The molecule has 7 heteroatoms. The van der Waals surface area contributed by atoms with E-state index in [1.165, 1.54) is 5.56 Å².